The van der Waals surface area contributed by atoms with Crippen LogP contribution in [0.1, 0.15) is 30.0 Å². The van der Waals surface area contributed by atoms with E-state index in [-0.39, 0.29) is 6.47 Å². The van der Waals surface area contributed by atoms with Gasteiger partial charge in [0.1, 0.15) is 5.75 Å². The lowest BCUT2D eigenvalue weighted by molar-refractivity contribution is -0.153. The Morgan fingerprint density at radius 3 is 2.58 bits per heavy atom. The van der Waals surface area contributed by atoms with Gasteiger partial charge in [0.15, 0.2) is 6.61 Å². The summed E-state index contributed by atoms with van der Waals surface area (Å²) in [5.74, 6) is 0.656. The van der Waals surface area contributed by atoms with Crippen molar-refractivity contribution in [2.24, 2.45) is 0 Å². The van der Waals surface area contributed by atoms with Crippen molar-refractivity contribution in [1.29, 1.82) is 0 Å². The summed E-state index contributed by atoms with van der Waals surface area (Å²) < 4.78 is 41.0. The highest BCUT2D eigenvalue weighted by Gasteiger charge is 2.31. The summed E-state index contributed by atoms with van der Waals surface area (Å²) >= 11 is 0. The van der Waals surface area contributed by atoms with Crippen LogP contribution in [0.25, 0.3) is 0 Å². The van der Waals surface area contributed by atoms with Gasteiger partial charge in [0.05, 0.1) is 0 Å². The summed E-state index contributed by atoms with van der Waals surface area (Å²) in [5.41, 5.74) is 1.47. The third kappa shape index (κ3) is 5.58. The van der Waals surface area contributed by atoms with Crippen LogP contribution in [0.4, 0.5) is 13.2 Å². The van der Waals surface area contributed by atoms with E-state index in [9.17, 15) is 13.2 Å². The molecular formula is C12H14F3NO3. The molecule has 0 bridgehead atoms. The summed E-state index contributed by atoms with van der Waals surface area (Å²) in [6.07, 6.45) is -0.656. The maximum Gasteiger partial charge on any atom is 0.422 e. The fraction of sp³-hybridized carbons (Fsp3) is 0.500. The van der Waals surface area contributed by atoms with Crippen LogP contribution >= 0.6 is 0 Å². The molecule has 0 aromatic carbocycles. The molecule has 0 aliphatic heterocycles. The number of carboxylic acid groups (broad SMARTS) is 1. The van der Waals surface area contributed by atoms with Gasteiger partial charge < -0.3 is 9.84 Å². The van der Waals surface area contributed by atoms with Crippen LogP contribution in [0.15, 0.2) is 12.3 Å². The molecule has 1 N–H and O–H groups in total. The maximum absolute atomic E-state index is 12.0. The molecule has 0 saturated heterocycles. The third-order valence-corrected chi connectivity index (χ3v) is 2.44. The number of aryl methyl sites for hydroxylation is 1. The number of alkyl halides is 3. The number of hydrogen-bond acceptors (Lipinski definition) is 3. The monoisotopic (exact) mass is 277 g/mol. The fourth-order valence-corrected chi connectivity index (χ4v) is 1.53. The van der Waals surface area contributed by atoms with Gasteiger partial charge >= 0.3 is 6.18 Å². The molecule has 2 rings (SSSR count). The van der Waals surface area contributed by atoms with Crippen molar-refractivity contribution >= 4 is 6.47 Å². The van der Waals surface area contributed by atoms with E-state index < -0.39 is 12.8 Å². The van der Waals surface area contributed by atoms with Gasteiger partial charge in [-0.15, -0.1) is 0 Å². The molecule has 1 aromatic heterocycles. The molecule has 1 aliphatic rings. The smallest absolute Gasteiger partial charge is 0.422 e. The Hall–Kier alpha value is -1.79. The Morgan fingerprint density at radius 2 is 2.11 bits per heavy atom. The van der Waals surface area contributed by atoms with Crippen LogP contribution in [-0.4, -0.2) is 29.3 Å². The standard InChI is InChI=1S/C11H12F3NO.CH2O2/c1-7-4-10(16-6-11(12,13)14)9(5-15-7)8-2-3-8;2-1-3/h4-5,8H,2-3,6H2,1H3;1H,(H,2,3). The molecule has 1 heterocycles. The second-order valence-corrected chi connectivity index (χ2v) is 4.15. The molecule has 7 heteroatoms. The number of nitrogens with zero attached hydrogens (tertiary/aromatic N) is 1. The van der Waals surface area contributed by atoms with Crippen molar-refractivity contribution in [2.45, 2.75) is 31.9 Å². The average molecular weight is 277 g/mol. The van der Waals surface area contributed by atoms with E-state index in [2.05, 4.69) is 4.98 Å². The molecule has 1 aromatic rings. The lowest BCUT2D eigenvalue weighted by Gasteiger charge is -2.13. The highest BCUT2D eigenvalue weighted by molar-refractivity contribution is 5.38. The lowest BCUT2D eigenvalue weighted by atomic mass is 10.1. The van der Waals surface area contributed by atoms with E-state index >= 15 is 0 Å². The molecule has 0 amide bonds. The molecule has 19 heavy (non-hydrogen) atoms. The highest BCUT2D eigenvalue weighted by atomic mass is 19.4. The van der Waals surface area contributed by atoms with Gasteiger partial charge in [-0.05, 0) is 25.7 Å². The summed E-state index contributed by atoms with van der Waals surface area (Å²) in [5, 5.41) is 6.89. The quantitative estimate of drug-likeness (QED) is 0.863. The van der Waals surface area contributed by atoms with Gasteiger partial charge in [0.25, 0.3) is 6.47 Å². The molecule has 0 spiro atoms. The van der Waals surface area contributed by atoms with Crippen molar-refractivity contribution in [3.63, 3.8) is 0 Å². The van der Waals surface area contributed by atoms with Crippen LogP contribution in [-0.2, 0) is 4.79 Å². The topological polar surface area (TPSA) is 59.4 Å². The maximum atomic E-state index is 12.0. The summed E-state index contributed by atoms with van der Waals surface area (Å²) in [7, 11) is 0. The Balaban J connectivity index is 0.000000550. The van der Waals surface area contributed by atoms with Gasteiger partial charge in [-0.1, -0.05) is 0 Å². The first-order valence-corrected chi connectivity index (χ1v) is 5.61. The number of hydrogen-bond donors (Lipinski definition) is 1. The molecule has 1 aliphatic carbocycles. The first-order chi connectivity index (χ1) is 8.87. The number of aromatic nitrogens is 1. The van der Waals surface area contributed by atoms with Crippen LogP contribution in [0, 0.1) is 6.92 Å². The molecule has 0 unspecified atom stereocenters. The zero-order valence-electron chi connectivity index (χ0n) is 10.3. The second kappa shape index (κ2) is 6.40. The summed E-state index contributed by atoms with van der Waals surface area (Å²) in [4.78, 5) is 12.4. The molecule has 4 nitrogen and oxygen atoms in total. The largest absolute Gasteiger partial charge is 0.484 e. The molecule has 1 fully saturated rings. The van der Waals surface area contributed by atoms with E-state index in [0.717, 1.165) is 18.4 Å². The SMILES string of the molecule is Cc1cc(OCC(F)(F)F)c(C2CC2)cn1.O=CO. The first-order valence-electron chi connectivity index (χ1n) is 5.61. The second-order valence-electron chi connectivity index (χ2n) is 4.15. The van der Waals surface area contributed by atoms with Crippen molar-refractivity contribution in [3.05, 3.63) is 23.5 Å². The summed E-state index contributed by atoms with van der Waals surface area (Å²) in [6.45, 7) is 0.243. The predicted molar refractivity (Wildman–Crippen MR) is 61.2 cm³/mol. The van der Waals surface area contributed by atoms with Crippen molar-refractivity contribution in [3.8, 4) is 5.75 Å². The predicted octanol–water partition coefficient (Wildman–Crippen LogP) is 2.91. The van der Waals surface area contributed by atoms with E-state index in [0.29, 0.717) is 17.4 Å². The summed E-state index contributed by atoms with van der Waals surface area (Å²) in [6, 6.07) is 1.57. The Labute approximate surface area is 108 Å². The highest BCUT2D eigenvalue weighted by Crippen LogP contribution is 2.44. The Kier molecular flexibility index (Phi) is 5.14. The Morgan fingerprint density at radius 1 is 1.53 bits per heavy atom. The van der Waals surface area contributed by atoms with Crippen molar-refractivity contribution in [2.75, 3.05) is 6.61 Å². The molecule has 0 radical (unpaired) electrons. The van der Waals surface area contributed by atoms with Gasteiger partial charge in [-0.2, -0.15) is 13.2 Å². The van der Waals surface area contributed by atoms with Gasteiger partial charge in [0, 0.05) is 23.5 Å². The molecule has 106 valence electrons. The van der Waals surface area contributed by atoms with E-state index in [1.165, 1.54) is 0 Å². The third-order valence-electron chi connectivity index (χ3n) is 2.44. The normalized spacial score (nSPS) is 14.3. The zero-order valence-corrected chi connectivity index (χ0v) is 10.3. The van der Waals surface area contributed by atoms with Crippen molar-refractivity contribution < 1.29 is 27.8 Å². The average Bonchev–Trinajstić information content (AvgIpc) is 3.10. The van der Waals surface area contributed by atoms with Gasteiger partial charge in [0.2, 0.25) is 0 Å². The number of pyridine rings is 1. The van der Waals surface area contributed by atoms with Gasteiger partial charge in [-0.25, -0.2) is 0 Å². The molecular weight excluding hydrogens is 263 g/mol. The van der Waals surface area contributed by atoms with Gasteiger partial charge in [-0.3, -0.25) is 9.78 Å². The number of carbonyl (C=O) groups is 1. The first kappa shape index (κ1) is 15.3. The minimum absolute atomic E-state index is 0.250. The van der Waals surface area contributed by atoms with E-state index in [1.807, 2.05) is 0 Å². The zero-order chi connectivity index (χ0) is 14.5. The molecule has 0 atom stereocenters. The van der Waals surface area contributed by atoms with E-state index in [4.69, 9.17) is 14.6 Å². The number of ether oxygens (including phenoxy) is 1. The molecule has 1 saturated carbocycles. The van der Waals surface area contributed by atoms with E-state index in [1.54, 1.807) is 19.2 Å². The minimum Gasteiger partial charge on any atom is -0.484 e. The van der Waals surface area contributed by atoms with Crippen LogP contribution < -0.4 is 4.74 Å². The van der Waals surface area contributed by atoms with Crippen LogP contribution in [0.2, 0.25) is 0 Å². The number of halogens is 3. The minimum atomic E-state index is -4.29. The lowest BCUT2D eigenvalue weighted by Crippen LogP contribution is -2.19. The van der Waals surface area contributed by atoms with Crippen molar-refractivity contribution in [1.82, 2.24) is 4.98 Å². The Bertz CT molecular complexity index is 431. The van der Waals surface area contributed by atoms with Crippen LogP contribution in [0.5, 0.6) is 5.75 Å². The fourth-order valence-electron chi connectivity index (χ4n) is 1.53. The number of rotatable bonds is 3. The van der Waals surface area contributed by atoms with Crippen LogP contribution in [0.3, 0.4) is 0 Å².